The monoisotopic (exact) mass is 154 g/mol. The number of hydrogen-bond acceptors (Lipinski definition) is 3. The SMILES string of the molecule is CNCC1NC2CC(=O)CC12. The molecule has 2 N–H and O–H groups in total. The lowest BCUT2D eigenvalue weighted by Crippen LogP contribution is -2.61. The van der Waals surface area contributed by atoms with Crippen molar-refractivity contribution in [3.8, 4) is 0 Å². The van der Waals surface area contributed by atoms with Gasteiger partial charge in [0, 0.05) is 31.5 Å². The molecule has 0 aromatic carbocycles. The van der Waals surface area contributed by atoms with Gasteiger partial charge in [-0.25, -0.2) is 0 Å². The van der Waals surface area contributed by atoms with Crippen molar-refractivity contribution in [3.05, 3.63) is 0 Å². The molecule has 2 rings (SSSR count). The molecule has 1 saturated carbocycles. The highest BCUT2D eigenvalue weighted by molar-refractivity contribution is 5.82. The Labute approximate surface area is 66.5 Å². The Morgan fingerprint density at radius 3 is 3.09 bits per heavy atom. The minimum Gasteiger partial charge on any atom is -0.318 e. The molecule has 0 aromatic heterocycles. The molecule has 0 bridgehead atoms. The van der Waals surface area contributed by atoms with Crippen LogP contribution in [0.15, 0.2) is 0 Å². The number of carbonyl (C=O) groups excluding carboxylic acids is 1. The number of likely N-dealkylation sites (N-methyl/N-ethyl adjacent to an activating group) is 1. The molecule has 2 aliphatic rings. The van der Waals surface area contributed by atoms with Gasteiger partial charge in [-0.2, -0.15) is 0 Å². The van der Waals surface area contributed by atoms with Gasteiger partial charge in [0.15, 0.2) is 0 Å². The first kappa shape index (κ1) is 7.25. The fraction of sp³-hybridized carbons (Fsp3) is 0.875. The molecule has 1 heterocycles. The first-order valence-electron chi connectivity index (χ1n) is 4.23. The van der Waals surface area contributed by atoms with Crippen molar-refractivity contribution in [2.24, 2.45) is 5.92 Å². The molecule has 1 aliphatic carbocycles. The van der Waals surface area contributed by atoms with Crippen molar-refractivity contribution < 1.29 is 4.79 Å². The van der Waals surface area contributed by atoms with Gasteiger partial charge >= 0.3 is 0 Å². The summed E-state index contributed by atoms with van der Waals surface area (Å²) in [5, 5.41) is 6.51. The standard InChI is InChI=1S/C8H14N2O/c1-9-4-8-6-2-5(11)3-7(6)10-8/h6-10H,2-4H2,1H3. The van der Waals surface area contributed by atoms with E-state index >= 15 is 0 Å². The minimum atomic E-state index is 0.436. The Balaban J connectivity index is 1.89. The van der Waals surface area contributed by atoms with E-state index in [0.717, 1.165) is 19.4 Å². The molecule has 3 atom stereocenters. The zero-order valence-electron chi connectivity index (χ0n) is 6.76. The molecule has 1 saturated heterocycles. The summed E-state index contributed by atoms with van der Waals surface area (Å²) < 4.78 is 0. The van der Waals surface area contributed by atoms with Crippen molar-refractivity contribution in [2.75, 3.05) is 13.6 Å². The maximum atomic E-state index is 11.0. The number of nitrogens with one attached hydrogen (secondary N) is 2. The second-order valence-corrected chi connectivity index (χ2v) is 3.55. The summed E-state index contributed by atoms with van der Waals surface area (Å²) >= 11 is 0. The predicted molar refractivity (Wildman–Crippen MR) is 42.4 cm³/mol. The van der Waals surface area contributed by atoms with Crippen LogP contribution in [0.25, 0.3) is 0 Å². The predicted octanol–water partition coefficient (Wildman–Crippen LogP) is -0.475. The van der Waals surface area contributed by atoms with E-state index in [4.69, 9.17) is 0 Å². The Morgan fingerprint density at radius 2 is 2.45 bits per heavy atom. The normalized spacial score (nSPS) is 41.9. The Bertz CT molecular complexity index is 181. The van der Waals surface area contributed by atoms with Crippen LogP contribution in [0.2, 0.25) is 0 Å². The molecular formula is C8H14N2O. The number of carbonyl (C=O) groups is 1. The maximum absolute atomic E-state index is 11.0. The van der Waals surface area contributed by atoms with E-state index in [9.17, 15) is 4.79 Å². The topological polar surface area (TPSA) is 41.1 Å². The number of rotatable bonds is 2. The van der Waals surface area contributed by atoms with Crippen LogP contribution in [-0.4, -0.2) is 31.5 Å². The number of ketones is 1. The van der Waals surface area contributed by atoms with Gasteiger partial charge in [-0.15, -0.1) is 0 Å². The van der Waals surface area contributed by atoms with Crippen LogP contribution in [0, 0.1) is 5.92 Å². The van der Waals surface area contributed by atoms with Gasteiger partial charge in [-0.1, -0.05) is 0 Å². The molecule has 0 aromatic rings. The van der Waals surface area contributed by atoms with E-state index in [2.05, 4.69) is 10.6 Å². The van der Waals surface area contributed by atoms with Gasteiger partial charge in [0.2, 0.25) is 0 Å². The van der Waals surface area contributed by atoms with E-state index in [0.29, 0.717) is 23.8 Å². The summed E-state index contributed by atoms with van der Waals surface area (Å²) in [7, 11) is 1.95. The molecule has 0 radical (unpaired) electrons. The third kappa shape index (κ3) is 1.08. The second-order valence-electron chi connectivity index (χ2n) is 3.55. The highest BCUT2D eigenvalue weighted by Gasteiger charge is 2.46. The Morgan fingerprint density at radius 1 is 1.64 bits per heavy atom. The molecule has 2 fully saturated rings. The zero-order valence-corrected chi connectivity index (χ0v) is 6.76. The summed E-state index contributed by atoms with van der Waals surface area (Å²) in [5.41, 5.74) is 0. The van der Waals surface area contributed by atoms with E-state index in [1.54, 1.807) is 0 Å². The van der Waals surface area contributed by atoms with Gasteiger partial charge < -0.3 is 10.6 Å². The molecule has 3 unspecified atom stereocenters. The highest BCUT2D eigenvalue weighted by Crippen LogP contribution is 2.33. The van der Waals surface area contributed by atoms with Crippen LogP contribution in [0.5, 0.6) is 0 Å². The van der Waals surface area contributed by atoms with Crippen LogP contribution in [0.3, 0.4) is 0 Å². The molecule has 62 valence electrons. The summed E-state index contributed by atoms with van der Waals surface area (Å²) in [5.74, 6) is 1.07. The first-order valence-corrected chi connectivity index (χ1v) is 4.23. The van der Waals surface area contributed by atoms with Gasteiger partial charge in [0.25, 0.3) is 0 Å². The lowest BCUT2D eigenvalue weighted by molar-refractivity contribution is -0.117. The average Bonchev–Trinajstić information content (AvgIpc) is 2.24. The fourth-order valence-corrected chi connectivity index (χ4v) is 2.20. The van der Waals surface area contributed by atoms with E-state index in [1.165, 1.54) is 0 Å². The fourth-order valence-electron chi connectivity index (χ4n) is 2.20. The maximum Gasteiger partial charge on any atom is 0.134 e. The van der Waals surface area contributed by atoms with Gasteiger partial charge in [0.05, 0.1) is 0 Å². The third-order valence-corrected chi connectivity index (χ3v) is 2.80. The Hall–Kier alpha value is -0.410. The van der Waals surface area contributed by atoms with Gasteiger partial charge in [-0.3, -0.25) is 4.79 Å². The number of hydrogen-bond donors (Lipinski definition) is 2. The summed E-state index contributed by atoms with van der Waals surface area (Å²) in [4.78, 5) is 11.0. The Kier molecular flexibility index (Phi) is 1.69. The average molecular weight is 154 g/mol. The summed E-state index contributed by atoms with van der Waals surface area (Å²) in [6.45, 7) is 0.994. The van der Waals surface area contributed by atoms with Crippen molar-refractivity contribution in [2.45, 2.75) is 24.9 Å². The number of Topliss-reactive ketones (excluding diaryl/α,β-unsaturated/α-hetero) is 1. The quantitative estimate of drug-likeness (QED) is 0.564. The van der Waals surface area contributed by atoms with E-state index < -0.39 is 0 Å². The smallest absolute Gasteiger partial charge is 0.134 e. The zero-order chi connectivity index (χ0) is 7.84. The number of fused-ring (bicyclic) bond motifs is 1. The van der Waals surface area contributed by atoms with Crippen LogP contribution in [-0.2, 0) is 4.79 Å². The van der Waals surface area contributed by atoms with Crippen molar-refractivity contribution in [1.29, 1.82) is 0 Å². The van der Waals surface area contributed by atoms with E-state index in [-0.39, 0.29) is 0 Å². The lowest BCUT2D eigenvalue weighted by Gasteiger charge is -2.41. The van der Waals surface area contributed by atoms with E-state index in [1.807, 2.05) is 7.05 Å². The van der Waals surface area contributed by atoms with Crippen molar-refractivity contribution in [1.82, 2.24) is 10.6 Å². The minimum absolute atomic E-state index is 0.436. The largest absolute Gasteiger partial charge is 0.318 e. The van der Waals surface area contributed by atoms with Gasteiger partial charge in [0.1, 0.15) is 5.78 Å². The van der Waals surface area contributed by atoms with Crippen LogP contribution < -0.4 is 10.6 Å². The molecule has 0 spiro atoms. The summed E-state index contributed by atoms with van der Waals surface area (Å²) in [6, 6.07) is 1.07. The molecule has 0 amide bonds. The lowest BCUT2D eigenvalue weighted by atomic mass is 9.85. The van der Waals surface area contributed by atoms with Crippen LogP contribution in [0.4, 0.5) is 0 Å². The molecule has 3 heteroatoms. The third-order valence-electron chi connectivity index (χ3n) is 2.80. The highest BCUT2D eigenvalue weighted by atomic mass is 16.1. The molecule has 3 nitrogen and oxygen atoms in total. The van der Waals surface area contributed by atoms with Crippen molar-refractivity contribution in [3.63, 3.8) is 0 Å². The molecule has 11 heavy (non-hydrogen) atoms. The van der Waals surface area contributed by atoms with Gasteiger partial charge in [-0.05, 0) is 13.0 Å². The summed E-state index contributed by atoms with van der Waals surface area (Å²) in [6.07, 6.45) is 1.58. The van der Waals surface area contributed by atoms with Crippen LogP contribution in [0.1, 0.15) is 12.8 Å². The molecule has 1 aliphatic heterocycles. The second kappa shape index (κ2) is 2.57. The van der Waals surface area contributed by atoms with Crippen molar-refractivity contribution >= 4 is 5.78 Å². The van der Waals surface area contributed by atoms with Crippen LogP contribution >= 0.6 is 0 Å². The molecular weight excluding hydrogens is 140 g/mol. The first-order chi connectivity index (χ1) is 5.31.